The second-order valence-corrected chi connectivity index (χ2v) is 11.5. The fourth-order valence-electron chi connectivity index (χ4n) is 5.40. The maximum Gasteiger partial charge on any atom is 0.262 e. The first-order valence-electron chi connectivity index (χ1n) is 14.7. The highest BCUT2D eigenvalue weighted by Crippen LogP contribution is 2.36. The van der Waals surface area contributed by atoms with Gasteiger partial charge >= 0.3 is 0 Å². The second-order valence-electron chi connectivity index (χ2n) is 11.5. The third-order valence-electron chi connectivity index (χ3n) is 9.35. The molecule has 0 saturated carbocycles. The Kier molecular flexibility index (Phi) is 8.71. The van der Waals surface area contributed by atoms with Crippen molar-refractivity contribution in [2.75, 3.05) is 11.9 Å². The topological polar surface area (TPSA) is 84.0 Å². The predicted molar refractivity (Wildman–Crippen MR) is 165 cm³/mol. The van der Waals surface area contributed by atoms with Gasteiger partial charge in [-0.2, -0.15) is 0 Å². The smallest absolute Gasteiger partial charge is 0.262 e. The van der Waals surface area contributed by atoms with Gasteiger partial charge in [-0.05, 0) is 92.1 Å². The van der Waals surface area contributed by atoms with Crippen molar-refractivity contribution in [1.82, 2.24) is 4.90 Å². The van der Waals surface area contributed by atoms with Gasteiger partial charge < -0.3 is 9.64 Å². The maximum atomic E-state index is 13.6. The van der Waals surface area contributed by atoms with E-state index in [-0.39, 0.29) is 27.7 Å². The van der Waals surface area contributed by atoms with Crippen LogP contribution in [0.25, 0.3) is 0 Å². The van der Waals surface area contributed by atoms with E-state index < -0.39 is 23.3 Å². The van der Waals surface area contributed by atoms with Crippen LogP contribution in [0.5, 0.6) is 11.5 Å². The molecule has 7 nitrogen and oxygen atoms in total. The molecule has 3 aromatic carbocycles. The Labute approximate surface area is 248 Å². The molecule has 0 unspecified atom stereocenters. The Balaban J connectivity index is 1.55. The summed E-state index contributed by atoms with van der Waals surface area (Å²) in [6, 6.07) is 17.9. The first-order chi connectivity index (χ1) is 20.0. The van der Waals surface area contributed by atoms with Crippen LogP contribution in [0, 0.1) is 0 Å². The van der Waals surface area contributed by atoms with Gasteiger partial charge in [0.2, 0.25) is 0 Å². The van der Waals surface area contributed by atoms with E-state index >= 15 is 0 Å². The molecule has 3 aromatic rings. The lowest BCUT2D eigenvalue weighted by Crippen LogP contribution is -2.48. The molecule has 1 aliphatic heterocycles. The number of hydrogen-bond acceptors (Lipinski definition) is 5. The Morgan fingerprint density at radius 1 is 0.810 bits per heavy atom. The van der Waals surface area contributed by atoms with Crippen LogP contribution in [-0.4, -0.2) is 41.5 Å². The summed E-state index contributed by atoms with van der Waals surface area (Å²) in [5.74, 6) is -0.0157. The number of benzene rings is 3. The summed E-state index contributed by atoms with van der Waals surface area (Å²) in [7, 11) is 1.60. The summed E-state index contributed by atoms with van der Waals surface area (Å²) in [4.78, 5) is 54.8. The molecule has 0 saturated heterocycles. The highest BCUT2D eigenvalue weighted by atomic mass is 16.5. The molecule has 0 aliphatic carbocycles. The molecule has 0 spiro atoms. The third-order valence-corrected chi connectivity index (χ3v) is 9.35. The van der Waals surface area contributed by atoms with Crippen LogP contribution in [0.3, 0.4) is 0 Å². The van der Waals surface area contributed by atoms with Crippen molar-refractivity contribution in [2.45, 2.75) is 78.2 Å². The third kappa shape index (κ3) is 5.36. The van der Waals surface area contributed by atoms with Gasteiger partial charge in [-0.3, -0.25) is 24.1 Å². The number of amides is 3. The molecule has 220 valence electrons. The van der Waals surface area contributed by atoms with Crippen LogP contribution in [0.2, 0.25) is 0 Å². The number of carbonyl (C=O) groups is 4. The molecule has 0 radical (unpaired) electrons. The van der Waals surface area contributed by atoms with E-state index in [9.17, 15) is 19.2 Å². The Morgan fingerprint density at radius 2 is 1.31 bits per heavy atom. The summed E-state index contributed by atoms with van der Waals surface area (Å²) < 4.78 is 6.03. The molecule has 7 heteroatoms. The molecule has 42 heavy (non-hydrogen) atoms. The molecule has 4 rings (SSSR count). The molecular weight excluding hydrogens is 528 g/mol. The number of carbonyl (C=O) groups excluding carboxylic acids is 4. The van der Waals surface area contributed by atoms with Crippen LogP contribution in [0.15, 0.2) is 60.7 Å². The number of rotatable bonds is 11. The van der Waals surface area contributed by atoms with Crippen molar-refractivity contribution >= 4 is 29.7 Å². The van der Waals surface area contributed by atoms with Gasteiger partial charge in [-0.15, -0.1) is 0 Å². The monoisotopic (exact) mass is 568 g/mol. The summed E-state index contributed by atoms with van der Waals surface area (Å²) in [5, 5.41) is 0. The first-order valence-corrected chi connectivity index (χ1v) is 14.7. The summed E-state index contributed by atoms with van der Waals surface area (Å²) in [6.07, 6.45) is 3.84. The molecule has 1 heterocycles. The average Bonchev–Trinajstić information content (AvgIpc) is 3.28. The van der Waals surface area contributed by atoms with Crippen LogP contribution in [-0.2, 0) is 5.41 Å². The number of ether oxygens (including phenoxy) is 1. The molecule has 0 aromatic heterocycles. The molecule has 0 atom stereocenters. The van der Waals surface area contributed by atoms with E-state index in [2.05, 4.69) is 32.9 Å². The fourth-order valence-corrected chi connectivity index (χ4v) is 5.40. The van der Waals surface area contributed by atoms with Crippen LogP contribution in [0.4, 0.5) is 5.69 Å². The Morgan fingerprint density at radius 3 is 1.79 bits per heavy atom. The summed E-state index contributed by atoms with van der Waals surface area (Å²) in [6.45, 7) is 12.4. The minimum Gasteiger partial charge on any atom is -0.457 e. The van der Waals surface area contributed by atoms with Crippen molar-refractivity contribution in [2.24, 2.45) is 0 Å². The maximum absolute atomic E-state index is 13.6. The van der Waals surface area contributed by atoms with E-state index in [1.807, 2.05) is 32.9 Å². The minimum absolute atomic E-state index is 0.0638. The standard InChI is InChI=1S/C35H40N2O5/c1-8-34(5,9-2)24-12-16-26(17-13-24)42-27-18-14-25(15-19-27)36(7)31(39)28-21-30-29(20-23(28)22-38)32(40)37(33(30)41)35(6,10-3)11-4/h12-22H,8-11H2,1-7H3. The lowest BCUT2D eigenvalue weighted by molar-refractivity contribution is 0.0434. The van der Waals surface area contributed by atoms with Crippen LogP contribution < -0.4 is 9.64 Å². The molecule has 1 aliphatic rings. The number of fused-ring (bicyclic) bond motifs is 1. The van der Waals surface area contributed by atoms with Gasteiger partial charge in [-0.1, -0.05) is 46.8 Å². The highest BCUT2D eigenvalue weighted by molar-refractivity contribution is 6.24. The Hall–Kier alpha value is -4.26. The molecule has 0 N–H and O–H groups in total. The van der Waals surface area contributed by atoms with Gasteiger partial charge in [0.25, 0.3) is 17.7 Å². The zero-order valence-corrected chi connectivity index (χ0v) is 25.6. The molecular formula is C35H40N2O5. The lowest BCUT2D eigenvalue weighted by Gasteiger charge is -2.35. The first kappa shape index (κ1) is 30.7. The van der Waals surface area contributed by atoms with Gasteiger partial charge in [0.05, 0.1) is 16.7 Å². The number of aldehydes is 1. The number of hydrogen-bond donors (Lipinski definition) is 0. The van der Waals surface area contributed by atoms with Crippen LogP contribution >= 0.6 is 0 Å². The van der Waals surface area contributed by atoms with E-state index in [4.69, 9.17) is 4.74 Å². The summed E-state index contributed by atoms with van der Waals surface area (Å²) in [5.41, 5.74) is 1.75. The number of imide groups is 1. The SMILES string of the molecule is CCC(C)(CC)c1ccc(Oc2ccc(N(C)C(=O)c3cc4c(cc3C=O)C(=O)N(C(C)(CC)CC)C4=O)cc2)cc1. The van der Waals surface area contributed by atoms with E-state index in [1.165, 1.54) is 27.5 Å². The highest BCUT2D eigenvalue weighted by Gasteiger charge is 2.45. The van der Waals surface area contributed by atoms with Gasteiger partial charge in [0.15, 0.2) is 6.29 Å². The fraction of sp³-hybridized carbons (Fsp3) is 0.371. The van der Waals surface area contributed by atoms with Crippen molar-refractivity contribution in [3.63, 3.8) is 0 Å². The van der Waals surface area contributed by atoms with E-state index in [1.54, 1.807) is 31.3 Å². The average molecular weight is 569 g/mol. The molecule has 0 bridgehead atoms. The van der Waals surface area contributed by atoms with Gasteiger partial charge in [0.1, 0.15) is 11.5 Å². The number of nitrogens with zero attached hydrogens (tertiary/aromatic N) is 2. The summed E-state index contributed by atoms with van der Waals surface area (Å²) >= 11 is 0. The zero-order valence-electron chi connectivity index (χ0n) is 25.6. The second kappa shape index (κ2) is 11.9. The lowest BCUT2D eigenvalue weighted by atomic mass is 9.78. The van der Waals surface area contributed by atoms with Crippen molar-refractivity contribution in [3.05, 3.63) is 88.5 Å². The predicted octanol–water partition coefficient (Wildman–Crippen LogP) is 7.82. The Bertz CT molecular complexity index is 1500. The van der Waals surface area contributed by atoms with Gasteiger partial charge in [-0.25, -0.2) is 0 Å². The van der Waals surface area contributed by atoms with Crippen molar-refractivity contribution in [1.29, 1.82) is 0 Å². The quantitative estimate of drug-likeness (QED) is 0.174. The molecule has 3 amide bonds. The minimum atomic E-state index is -0.660. The molecule has 0 fully saturated rings. The van der Waals surface area contributed by atoms with Crippen LogP contribution in [0.1, 0.15) is 114 Å². The van der Waals surface area contributed by atoms with Gasteiger partial charge in [0, 0.05) is 23.8 Å². The normalized spacial score (nSPS) is 13.3. The van der Waals surface area contributed by atoms with Crippen molar-refractivity contribution < 1.29 is 23.9 Å². The van der Waals surface area contributed by atoms with E-state index in [0.29, 0.717) is 30.6 Å². The largest absolute Gasteiger partial charge is 0.457 e. The van der Waals surface area contributed by atoms with E-state index in [0.717, 1.165) is 18.6 Å². The number of anilines is 1. The van der Waals surface area contributed by atoms with Crippen molar-refractivity contribution in [3.8, 4) is 11.5 Å². The zero-order chi connectivity index (χ0) is 30.8.